The molecule has 1 amide bonds. The van der Waals surface area contributed by atoms with Crippen LogP contribution < -0.4 is 5.32 Å². The van der Waals surface area contributed by atoms with E-state index in [4.69, 9.17) is 0 Å². The van der Waals surface area contributed by atoms with Crippen LogP contribution in [-0.2, 0) is 4.79 Å². The lowest BCUT2D eigenvalue weighted by Gasteiger charge is -2.18. The monoisotopic (exact) mass is 307 g/mol. The average molecular weight is 307 g/mol. The smallest absolute Gasteiger partial charge is 0.227 e. The molecule has 0 spiro atoms. The molecule has 22 heavy (non-hydrogen) atoms. The van der Waals surface area contributed by atoms with Gasteiger partial charge in [0.05, 0.1) is 12.0 Å². The second kappa shape index (κ2) is 6.64. The SMILES string of the molecule is CC(NC(=O)C(C)c1ccc(F)c(F)c1)c1cccc(F)c1. The first kappa shape index (κ1) is 16.1. The highest BCUT2D eigenvalue weighted by Gasteiger charge is 2.19. The fourth-order valence-corrected chi connectivity index (χ4v) is 2.13. The third-order valence-electron chi connectivity index (χ3n) is 3.54. The number of rotatable bonds is 4. The predicted molar refractivity (Wildman–Crippen MR) is 77.7 cm³/mol. The lowest BCUT2D eigenvalue weighted by molar-refractivity contribution is -0.122. The van der Waals surface area contributed by atoms with Crippen LogP contribution in [0.15, 0.2) is 42.5 Å². The van der Waals surface area contributed by atoms with Crippen molar-refractivity contribution < 1.29 is 18.0 Å². The highest BCUT2D eigenvalue weighted by atomic mass is 19.2. The standard InChI is InChI=1S/C17H16F3NO/c1-10(12-6-7-15(19)16(20)9-12)17(22)21-11(2)13-4-3-5-14(18)8-13/h3-11H,1-2H3,(H,21,22). The lowest BCUT2D eigenvalue weighted by atomic mass is 9.99. The van der Waals surface area contributed by atoms with Crippen LogP contribution in [0, 0.1) is 17.5 Å². The molecule has 0 aliphatic rings. The van der Waals surface area contributed by atoms with Crippen molar-refractivity contribution in [1.29, 1.82) is 0 Å². The van der Waals surface area contributed by atoms with E-state index in [2.05, 4.69) is 5.32 Å². The Bertz CT molecular complexity index is 687. The normalized spacial score (nSPS) is 13.5. The van der Waals surface area contributed by atoms with Gasteiger partial charge in [-0.05, 0) is 49.2 Å². The molecule has 0 fully saturated rings. The molecule has 5 heteroatoms. The van der Waals surface area contributed by atoms with Crippen LogP contribution in [0.25, 0.3) is 0 Å². The zero-order valence-electron chi connectivity index (χ0n) is 12.2. The number of carbonyl (C=O) groups excluding carboxylic acids is 1. The summed E-state index contributed by atoms with van der Waals surface area (Å²) in [5.74, 6) is -3.32. The van der Waals surface area contributed by atoms with Crippen LogP contribution in [-0.4, -0.2) is 5.91 Å². The summed E-state index contributed by atoms with van der Waals surface area (Å²) >= 11 is 0. The number of hydrogen-bond donors (Lipinski definition) is 1. The maximum atomic E-state index is 13.2. The number of benzene rings is 2. The lowest BCUT2D eigenvalue weighted by Crippen LogP contribution is -2.30. The molecule has 0 bridgehead atoms. The molecule has 0 heterocycles. The van der Waals surface area contributed by atoms with Crippen molar-refractivity contribution in [3.63, 3.8) is 0 Å². The Kier molecular flexibility index (Phi) is 4.85. The Balaban J connectivity index is 2.09. The van der Waals surface area contributed by atoms with E-state index in [1.54, 1.807) is 26.0 Å². The minimum absolute atomic E-state index is 0.345. The van der Waals surface area contributed by atoms with Crippen molar-refractivity contribution in [2.45, 2.75) is 25.8 Å². The van der Waals surface area contributed by atoms with E-state index in [1.165, 1.54) is 18.2 Å². The molecule has 2 aromatic rings. The van der Waals surface area contributed by atoms with Gasteiger partial charge in [0.2, 0.25) is 5.91 Å². The fourth-order valence-electron chi connectivity index (χ4n) is 2.13. The minimum Gasteiger partial charge on any atom is -0.349 e. The van der Waals surface area contributed by atoms with Gasteiger partial charge >= 0.3 is 0 Å². The van der Waals surface area contributed by atoms with Gasteiger partial charge in [0, 0.05) is 0 Å². The highest BCUT2D eigenvalue weighted by Crippen LogP contribution is 2.20. The first-order valence-corrected chi connectivity index (χ1v) is 6.89. The summed E-state index contributed by atoms with van der Waals surface area (Å²) < 4.78 is 39.3. The summed E-state index contributed by atoms with van der Waals surface area (Å²) in [6.07, 6.45) is 0. The predicted octanol–water partition coefficient (Wildman–Crippen LogP) is 4.08. The average Bonchev–Trinajstić information content (AvgIpc) is 2.49. The van der Waals surface area contributed by atoms with Gasteiger partial charge in [-0.25, -0.2) is 13.2 Å². The molecule has 2 unspecified atom stereocenters. The Labute approximate surface area is 127 Å². The number of carbonyl (C=O) groups is 1. The Morgan fingerprint density at radius 2 is 1.68 bits per heavy atom. The van der Waals surface area contributed by atoms with E-state index >= 15 is 0 Å². The van der Waals surface area contributed by atoms with Crippen LogP contribution >= 0.6 is 0 Å². The zero-order chi connectivity index (χ0) is 16.3. The molecule has 0 aromatic heterocycles. The van der Waals surface area contributed by atoms with E-state index in [0.29, 0.717) is 11.1 Å². The molecule has 2 atom stereocenters. The number of nitrogens with one attached hydrogen (secondary N) is 1. The molecule has 2 aromatic carbocycles. The highest BCUT2D eigenvalue weighted by molar-refractivity contribution is 5.83. The summed E-state index contributed by atoms with van der Waals surface area (Å²) in [4.78, 5) is 12.2. The molecule has 2 nitrogen and oxygen atoms in total. The third kappa shape index (κ3) is 3.67. The van der Waals surface area contributed by atoms with Crippen LogP contribution in [0.3, 0.4) is 0 Å². The largest absolute Gasteiger partial charge is 0.349 e. The van der Waals surface area contributed by atoms with Gasteiger partial charge in [-0.1, -0.05) is 18.2 Å². The molecular weight excluding hydrogens is 291 g/mol. The second-order valence-electron chi connectivity index (χ2n) is 5.18. The number of amides is 1. The van der Waals surface area contributed by atoms with Crippen molar-refractivity contribution in [2.24, 2.45) is 0 Å². The van der Waals surface area contributed by atoms with Gasteiger partial charge in [0.25, 0.3) is 0 Å². The molecule has 2 rings (SSSR count). The maximum absolute atomic E-state index is 13.2. The summed E-state index contributed by atoms with van der Waals surface area (Å²) in [6.45, 7) is 3.32. The Morgan fingerprint density at radius 1 is 0.955 bits per heavy atom. The Hall–Kier alpha value is -2.30. The quantitative estimate of drug-likeness (QED) is 0.906. The zero-order valence-corrected chi connectivity index (χ0v) is 12.2. The van der Waals surface area contributed by atoms with Crippen LogP contribution in [0.4, 0.5) is 13.2 Å². The van der Waals surface area contributed by atoms with E-state index in [0.717, 1.165) is 12.1 Å². The van der Waals surface area contributed by atoms with Gasteiger partial charge in [-0.15, -0.1) is 0 Å². The maximum Gasteiger partial charge on any atom is 0.227 e. The van der Waals surface area contributed by atoms with Crippen molar-refractivity contribution in [1.82, 2.24) is 5.32 Å². The van der Waals surface area contributed by atoms with Crippen LogP contribution in [0.1, 0.15) is 36.9 Å². The van der Waals surface area contributed by atoms with E-state index in [1.807, 2.05) is 0 Å². The first-order chi connectivity index (χ1) is 10.4. The van der Waals surface area contributed by atoms with E-state index in [-0.39, 0.29) is 11.7 Å². The Morgan fingerprint density at radius 3 is 2.32 bits per heavy atom. The van der Waals surface area contributed by atoms with Gasteiger partial charge < -0.3 is 5.32 Å². The van der Waals surface area contributed by atoms with Gasteiger partial charge in [-0.3, -0.25) is 4.79 Å². The molecule has 0 saturated carbocycles. The van der Waals surface area contributed by atoms with Gasteiger partial charge in [0.1, 0.15) is 5.82 Å². The fraction of sp³-hybridized carbons (Fsp3) is 0.235. The number of hydrogen-bond acceptors (Lipinski definition) is 1. The molecule has 1 N–H and O–H groups in total. The summed E-state index contributed by atoms with van der Waals surface area (Å²) in [7, 11) is 0. The molecular formula is C17H16F3NO. The number of halogens is 3. The van der Waals surface area contributed by atoms with Crippen LogP contribution in [0.5, 0.6) is 0 Å². The van der Waals surface area contributed by atoms with E-state index < -0.39 is 23.6 Å². The minimum atomic E-state index is -0.990. The molecule has 0 saturated heterocycles. The molecule has 0 radical (unpaired) electrons. The molecule has 116 valence electrons. The summed E-state index contributed by atoms with van der Waals surface area (Å²) in [5, 5.41) is 2.73. The van der Waals surface area contributed by atoms with Crippen LogP contribution in [0.2, 0.25) is 0 Å². The van der Waals surface area contributed by atoms with Gasteiger partial charge in [-0.2, -0.15) is 0 Å². The van der Waals surface area contributed by atoms with E-state index in [9.17, 15) is 18.0 Å². The molecule has 0 aliphatic carbocycles. The second-order valence-corrected chi connectivity index (χ2v) is 5.18. The van der Waals surface area contributed by atoms with Gasteiger partial charge in [0.15, 0.2) is 11.6 Å². The topological polar surface area (TPSA) is 29.1 Å². The first-order valence-electron chi connectivity index (χ1n) is 6.89. The third-order valence-corrected chi connectivity index (χ3v) is 3.54. The van der Waals surface area contributed by atoms with Crippen molar-refractivity contribution >= 4 is 5.91 Å². The summed E-state index contributed by atoms with van der Waals surface area (Å²) in [6, 6.07) is 8.90. The summed E-state index contributed by atoms with van der Waals surface area (Å²) in [5.41, 5.74) is 1.01. The van der Waals surface area contributed by atoms with Crippen molar-refractivity contribution in [3.8, 4) is 0 Å². The van der Waals surface area contributed by atoms with Crippen molar-refractivity contribution in [2.75, 3.05) is 0 Å². The molecule has 0 aliphatic heterocycles. The van der Waals surface area contributed by atoms with Crippen molar-refractivity contribution in [3.05, 3.63) is 71.0 Å².